The van der Waals surface area contributed by atoms with Crippen molar-refractivity contribution in [1.29, 1.82) is 0 Å². The van der Waals surface area contributed by atoms with Gasteiger partial charge in [-0.1, -0.05) is 67.6 Å². The lowest BCUT2D eigenvalue weighted by Gasteiger charge is -2.21. The quantitative estimate of drug-likeness (QED) is 0.529. The Hall–Kier alpha value is -3.39. The molecular formula is C23H22FN3O3S. The fourth-order valence-electron chi connectivity index (χ4n) is 2.99. The van der Waals surface area contributed by atoms with Crippen LogP contribution in [-0.4, -0.2) is 28.6 Å². The number of anilines is 1. The van der Waals surface area contributed by atoms with E-state index in [4.69, 9.17) is 0 Å². The van der Waals surface area contributed by atoms with Crippen molar-refractivity contribution >= 4 is 34.1 Å². The summed E-state index contributed by atoms with van der Waals surface area (Å²) in [4.78, 5) is 42.3. The Bertz CT molecular complexity index is 1110. The topological polar surface area (TPSA) is 88.2 Å². The molecule has 2 aromatic carbocycles. The molecule has 0 aliphatic heterocycles. The van der Waals surface area contributed by atoms with E-state index in [2.05, 4.69) is 15.6 Å². The number of aromatic nitrogens is 1. The van der Waals surface area contributed by atoms with Gasteiger partial charge in [-0.05, 0) is 18.1 Å². The summed E-state index contributed by atoms with van der Waals surface area (Å²) in [6.45, 7) is 4.98. The van der Waals surface area contributed by atoms with Gasteiger partial charge in [0.2, 0.25) is 5.91 Å². The number of ketones is 1. The summed E-state index contributed by atoms with van der Waals surface area (Å²) in [6, 6.07) is 13.8. The number of halogens is 1. The van der Waals surface area contributed by atoms with Crippen LogP contribution in [0.4, 0.5) is 9.52 Å². The van der Waals surface area contributed by atoms with E-state index in [0.717, 1.165) is 16.9 Å². The highest BCUT2D eigenvalue weighted by Gasteiger charge is 2.27. The number of hydrogen-bond donors (Lipinski definition) is 2. The van der Waals surface area contributed by atoms with Crippen LogP contribution in [0.5, 0.6) is 0 Å². The monoisotopic (exact) mass is 439 g/mol. The molecule has 2 N–H and O–H groups in total. The zero-order chi connectivity index (χ0) is 22.5. The maximum atomic E-state index is 13.9. The Balaban J connectivity index is 1.82. The number of benzene rings is 2. The molecule has 160 valence electrons. The molecule has 3 aromatic rings. The van der Waals surface area contributed by atoms with Gasteiger partial charge >= 0.3 is 0 Å². The lowest BCUT2D eigenvalue weighted by molar-refractivity contribution is -0.118. The van der Waals surface area contributed by atoms with E-state index in [0.29, 0.717) is 10.6 Å². The van der Waals surface area contributed by atoms with Gasteiger partial charge in [-0.25, -0.2) is 9.37 Å². The van der Waals surface area contributed by atoms with Crippen molar-refractivity contribution < 1.29 is 18.8 Å². The Morgan fingerprint density at radius 2 is 1.65 bits per heavy atom. The highest BCUT2D eigenvalue weighted by molar-refractivity contribution is 7.18. The number of nitrogens with one attached hydrogen (secondary N) is 2. The van der Waals surface area contributed by atoms with Crippen molar-refractivity contribution in [3.05, 3.63) is 70.9 Å². The van der Waals surface area contributed by atoms with Crippen LogP contribution in [0, 0.1) is 11.7 Å². The Morgan fingerprint density at radius 1 is 1.00 bits per heavy atom. The molecule has 0 aliphatic rings. The molecule has 2 amide bonds. The van der Waals surface area contributed by atoms with Gasteiger partial charge in [-0.15, -0.1) is 0 Å². The zero-order valence-corrected chi connectivity index (χ0v) is 18.1. The standard InChI is InChI=1S/C23H22FN3O3S/c1-13(2)18(25-21(29)16-11-7-8-12-17(16)24)22(30)27-23-26-19(20(31-23)14(3)28)15-9-5-4-6-10-15/h4-13,18H,1-3H3,(H,25,29)(H,26,27,30)/t18-/m0/s1. The molecule has 0 spiro atoms. The molecule has 0 bridgehead atoms. The number of hydrogen-bond acceptors (Lipinski definition) is 5. The highest BCUT2D eigenvalue weighted by Crippen LogP contribution is 2.31. The molecule has 0 saturated heterocycles. The maximum Gasteiger partial charge on any atom is 0.254 e. The van der Waals surface area contributed by atoms with Crippen LogP contribution in [-0.2, 0) is 4.79 Å². The molecule has 0 radical (unpaired) electrons. The van der Waals surface area contributed by atoms with E-state index < -0.39 is 23.7 Å². The van der Waals surface area contributed by atoms with Crippen molar-refractivity contribution in [3.63, 3.8) is 0 Å². The van der Waals surface area contributed by atoms with Gasteiger partial charge in [-0.3, -0.25) is 14.4 Å². The molecule has 1 heterocycles. The second-order valence-electron chi connectivity index (χ2n) is 7.28. The smallest absolute Gasteiger partial charge is 0.254 e. The SMILES string of the molecule is CC(=O)c1sc(NC(=O)[C@@H](NC(=O)c2ccccc2F)C(C)C)nc1-c1ccccc1. The molecule has 8 heteroatoms. The van der Waals surface area contributed by atoms with E-state index in [1.165, 1.54) is 25.1 Å². The average molecular weight is 440 g/mol. The van der Waals surface area contributed by atoms with Crippen LogP contribution in [0.15, 0.2) is 54.6 Å². The van der Waals surface area contributed by atoms with Gasteiger partial charge in [0.15, 0.2) is 10.9 Å². The summed E-state index contributed by atoms with van der Waals surface area (Å²) in [6.07, 6.45) is 0. The number of Topliss-reactive ketones (excluding diaryl/α,β-unsaturated/α-hetero) is 1. The first-order valence-corrected chi connectivity index (χ1v) is 10.5. The first-order chi connectivity index (χ1) is 14.8. The molecule has 31 heavy (non-hydrogen) atoms. The molecule has 0 fully saturated rings. The molecular weight excluding hydrogens is 417 g/mol. The van der Waals surface area contributed by atoms with E-state index in [9.17, 15) is 18.8 Å². The van der Waals surface area contributed by atoms with Crippen LogP contribution in [0.25, 0.3) is 11.3 Å². The summed E-state index contributed by atoms with van der Waals surface area (Å²) < 4.78 is 13.9. The van der Waals surface area contributed by atoms with Gasteiger partial charge < -0.3 is 10.6 Å². The summed E-state index contributed by atoms with van der Waals surface area (Å²) in [5, 5.41) is 5.53. The average Bonchev–Trinajstić information content (AvgIpc) is 3.16. The minimum Gasteiger partial charge on any atom is -0.340 e. The summed E-state index contributed by atoms with van der Waals surface area (Å²) in [5.41, 5.74) is 1.11. The van der Waals surface area contributed by atoms with Crippen molar-refractivity contribution in [2.24, 2.45) is 5.92 Å². The molecule has 6 nitrogen and oxygen atoms in total. The van der Waals surface area contributed by atoms with Crippen molar-refractivity contribution in [2.75, 3.05) is 5.32 Å². The lowest BCUT2D eigenvalue weighted by Crippen LogP contribution is -2.47. The van der Waals surface area contributed by atoms with Crippen LogP contribution in [0.1, 0.15) is 40.8 Å². The first-order valence-electron chi connectivity index (χ1n) is 9.71. The normalized spacial score (nSPS) is 11.8. The highest BCUT2D eigenvalue weighted by atomic mass is 32.1. The molecule has 1 atom stereocenters. The first kappa shape index (κ1) is 22.3. The summed E-state index contributed by atoms with van der Waals surface area (Å²) in [5.74, 6) is -2.27. The minimum atomic E-state index is -0.919. The third-order valence-corrected chi connectivity index (χ3v) is 5.65. The van der Waals surface area contributed by atoms with Crippen LogP contribution >= 0.6 is 11.3 Å². The van der Waals surface area contributed by atoms with E-state index >= 15 is 0 Å². The fraction of sp³-hybridized carbons (Fsp3) is 0.217. The molecule has 0 unspecified atom stereocenters. The number of amides is 2. The van der Waals surface area contributed by atoms with Gasteiger partial charge in [0, 0.05) is 12.5 Å². The second-order valence-corrected chi connectivity index (χ2v) is 8.28. The van der Waals surface area contributed by atoms with E-state index in [-0.39, 0.29) is 22.4 Å². The minimum absolute atomic E-state index is 0.138. The van der Waals surface area contributed by atoms with Crippen molar-refractivity contribution in [2.45, 2.75) is 26.8 Å². The third kappa shape index (κ3) is 5.21. The fourth-order valence-corrected chi connectivity index (χ4v) is 3.87. The van der Waals surface area contributed by atoms with Gasteiger partial charge in [0.1, 0.15) is 11.9 Å². The Kier molecular flexibility index (Phi) is 6.91. The number of carbonyl (C=O) groups is 3. The zero-order valence-electron chi connectivity index (χ0n) is 17.3. The molecule has 1 aromatic heterocycles. The third-order valence-electron chi connectivity index (χ3n) is 4.58. The van der Waals surface area contributed by atoms with Gasteiger partial charge in [0.25, 0.3) is 5.91 Å². The van der Waals surface area contributed by atoms with Crippen LogP contribution in [0.3, 0.4) is 0 Å². The number of rotatable bonds is 7. The number of thiazole rings is 1. The van der Waals surface area contributed by atoms with Gasteiger partial charge in [0.05, 0.1) is 16.1 Å². The largest absolute Gasteiger partial charge is 0.340 e. The predicted molar refractivity (Wildman–Crippen MR) is 119 cm³/mol. The summed E-state index contributed by atoms with van der Waals surface area (Å²) in [7, 11) is 0. The molecule has 3 rings (SSSR count). The molecule has 0 saturated carbocycles. The van der Waals surface area contributed by atoms with Crippen molar-refractivity contribution in [3.8, 4) is 11.3 Å². The van der Waals surface area contributed by atoms with E-state index in [1.807, 2.05) is 30.3 Å². The summed E-state index contributed by atoms with van der Waals surface area (Å²) >= 11 is 1.07. The van der Waals surface area contributed by atoms with Crippen LogP contribution in [0.2, 0.25) is 0 Å². The lowest BCUT2D eigenvalue weighted by atomic mass is 10.0. The Labute approximate surface area is 183 Å². The second kappa shape index (κ2) is 9.61. The predicted octanol–water partition coefficient (Wildman–Crippen LogP) is 4.54. The maximum absolute atomic E-state index is 13.9. The van der Waals surface area contributed by atoms with Crippen LogP contribution < -0.4 is 10.6 Å². The van der Waals surface area contributed by atoms with E-state index in [1.54, 1.807) is 19.9 Å². The Morgan fingerprint density at radius 3 is 2.26 bits per heavy atom. The van der Waals surface area contributed by atoms with Gasteiger partial charge in [-0.2, -0.15) is 0 Å². The molecule has 0 aliphatic carbocycles. The van der Waals surface area contributed by atoms with Crippen molar-refractivity contribution in [1.82, 2.24) is 10.3 Å². The number of nitrogens with zero attached hydrogens (tertiary/aromatic N) is 1. The number of carbonyl (C=O) groups excluding carboxylic acids is 3.